The van der Waals surface area contributed by atoms with E-state index in [1.165, 1.54) is 26.2 Å². The van der Waals surface area contributed by atoms with E-state index in [0.717, 1.165) is 31.0 Å². The number of primary amides is 1. The number of pyridine rings is 1. The minimum Gasteiger partial charge on any atom is -0.494 e. The third-order valence-corrected chi connectivity index (χ3v) is 8.87. The lowest BCUT2D eigenvalue weighted by atomic mass is 9.81. The van der Waals surface area contributed by atoms with Gasteiger partial charge in [0.2, 0.25) is 11.5 Å². The number of amides is 2. The van der Waals surface area contributed by atoms with Crippen molar-refractivity contribution in [2.45, 2.75) is 49.2 Å². The Morgan fingerprint density at radius 1 is 1.17 bits per heavy atom. The number of carbonyl (C=O) groups is 2. The molecule has 254 valence electrons. The van der Waals surface area contributed by atoms with Crippen molar-refractivity contribution in [2.75, 3.05) is 20.3 Å². The highest BCUT2D eigenvalue weighted by atomic mass is 35.5. The van der Waals surface area contributed by atoms with E-state index < -0.39 is 70.3 Å². The highest BCUT2D eigenvalue weighted by molar-refractivity contribution is 6.31. The molecule has 48 heavy (non-hydrogen) atoms. The van der Waals surface area contributed by atoms with E-state index in [2.05, 4.69) is 15.4 Å². The average molecular weight is 698 g/mol. The van der Waals surface area contributed by atoms with E-state index >= 15 is 0 Å². The number of aromatic nitrogens is 3. The Balaban J connectivity index is 1.42. The number of halogens is 7. The molecule has 1 saturated carbocycles. The fourth-order valence-electron chi connectivity index (χ4n) is 5.47. The van der Waals surface area contributed by atoms with Gasteiger partial charge in [-0.3, -0.25) is 14.3 Å². The zero-order valence-corrected chi connectivity index (χ0v) is 25.8. The molecule has 0 unspecified atom stereocenters. The lowest BCUT2D eigenvalue weighted by molar-refractivity contribution is -0.265. The summed E-state index contributed by atoms with van der Waals surface area (Å²) in [6.45, 7) is -0.602. The van der Waals surface area contributed by atoms with Gasteiger partial charge in [-0.15, -0.1) is 0 Å². The summed E-state index contributed by atoms with van der Waals surface area (Å²) in [4.78, 5) is 29.7. The number of alkyl halides is 6. The van der Waals surface area contributed by atoms with Gasteiger partial charge in [0, 0.05) is 28.3 Å². The molecule has 4 aromatic rings. The first-order chi connectivity index (χ1) is 22.4. The molecule has 1 aliphatic heterocycles. The molecule has 2 aliphatic rings. The number of hydrogen-bond acceptors (Lipinski definition) is 7. The van der Waals surface area contributed by atoms with Gasteiger partial charge in [0.05, 0.1) is 36.0 Å². The second-order valence-corrected chi connectivity index (χ2v) is 12.3. The van der Waals surface area contributed by atoms with Crippen molar-refractivity contribution >= 4 is 34.3 Å². The average Bonchev–Trinajstić information content (AvgIpc) is 3.68. The molecule has 2 amide bonds. The number of nitrogens with two attached hydrogens (primary N) is 1. The maximum absolute atomic E-state index is 14.8. The number of methoxy groups -OCH3 is 1. The Morgan fingerprint density at radius 2 is 1.88 bits per heavy atom. The molecule has 0 bridgehead atoms. The number of fused-ring (bicyclic) bond motifs is 2. The van der Waals surface area contributed by atoms with E-state index in [1.54, 1.807) is 10.9 Å². The van der Waals surface area contributed by atoms with Gasteiger partial charge in [-0.1, -0.05) is 17.7 Å². The van der Waals surface area contributed by atoms with E-state index in [0.29, 0.717) is 17.0 Å². The number of nitrogens with zero attached hydrogens (tertiary/aromatic N) is 3. The minimum absolute atomic E-state index is 0.0871. The second-order valence-electron chi connectivity index (χ2n) is 11.9. The molecule has 2 atom stereocenters. The summed E-state index contributed by atoms with van der Waals surface area (Å²) >= 11 is 5.89. The van der Waals surface area contributed by atoms with Crippen LogP contribution in [0.3, 0.4) is 0 Å². The van der Waals surface area contributed by atoms with Crippen molar-refractivity contribution in [1.29, 1.82) is 0 Å². The molecular weight excluding hydrogens is 672 g/mol. The van der Waals surface area contributed by atoms with Crippen molar-refractivity contribution in [3.8, 4) is 22.8 Å². The molecule has 17 heteroatoms. The van der Waals surface area contributed by atoms with Gasteiger partial charge in [0.25, 0.3) is 5.91 Å². The van der Waals surface area contributed by atoms with Gasteiger partial charge < -0.3 is 25.6 Å². The van der Waals surface area contributed by atoms with Crippen molar-refractivity contribution in [1.82, 2.24) is 20.1 Å². The van der Waals surface area contributed by atoms with Gasteiger partial charge >= 0.3 is 12.4 Å². The smallest absolute Gasteiger partial charge is 0.424 e. The van der Waals surface area contributed by atoms with Gasteiger partial charge in [-0.2, -0.15) is 31.4 Å². The van der Waals surface area contributed by atoms with Crippen LogP contribution in [0.1, 0.15) is 53.0 Å². The van der Waals surface area contributed by atoms with E-state index in [4.69, 9.17) is 26.8 Å². The zero-order chi connectivity index (χ0) is 35.0. The third-order valence-electron chi connectivity index (χ3n) is 8.56. The second kappa shape index (κ2) is 11.3. The van der Waals surface area contributed by atoms with E-state index in [-0.39, 0.29) is 34.2 Å². The van der Waals surface area contributed by atoms with Crippen LogP contribution in [0.5, 0.6) is 11.5 Å². The maximum Gasteiger partial charge on any atom is 0.424 e. The maximum atomic E-state index is 14.8. The topological polar surface area (TPSA) is 142 Å². The lowest BCUT2D eigenvalue weighted by Crippen LogP contribution is -2.51. The highest BCUT2D eigenvalue weighted by Crippen LogP contribution is 2.48. The quantitative estimate of drug-likeness (QED) is 0.209. The van der Waals surface area contributed by atoms with Crippen LogP contribution in [0.4, 0.5) is 26.3 Å². The number of aliphatic hydroxyl groups is 1. The first-order valence-corrected chi connectivity index (χ1v) is 14.7. The molecule has 0 spiro atoms. The van der Waals surface area contributed by atoms with Crippen LogP contribution in [0.15, 0.2) is 42.6 Å². The molecule has 3 heterocycles. The first kappa shape index (κ1) is 33.3. The fourth-order valence-corrected chi connectivity index (χ4v) is 5.76. The van der Waals surface area contributed by atoms with Crippen molar-refractivity contribution in [3.63, 3.8) is 0 Å². The summed E-state index contributed by atoms with van der Waals surface area (Å²) in [5.74, 6) is -2.03. The Hall–Kier alpha value is -4.57. The summed E-state index contributed by atoms with van der Waals surface area (Å²) in [5.41, 5.74) is -2.82. The fraction of sp³-hybridized carbons (Fsp3) is 0.355. The Labute approximate surface area is 272 Å². The van der Waals surface area contributed by atoms with Crippen LogP contribution >= 0.6 is 11.6 Å². The Morgan fingerprint density at radius 3 is 2.46 bits per heavy atom. The van der Waals surface area contributed by atoms with Crippen LogP contribution in [-0.4, -0.2) is 58.1 Å². The standard InChI is InChI=1S/C31H26ClF6N5O5/c1-28(27(39)45)13-48-25-19(28)10-22(41-24(25)14-3-6-18(20(32)8-14)30(33,34)35)29(46,31(36,37)38)12-40-26(44)15-7-16-11-43(17-4-5-17)42-23(16)21(9-15)47-2/h3,6-11,17,46H,4-5,12-13H2,1-2H3,(H2,39,45)(H,40,44)/t28-,29-/m0/s1. The summed E-state index contributed by atoms with van der Waals surface area (Å²) < 4.78 is 97.3. The summed E-state index contributed by atoms with van der Waals surface area (Å²) in [6.07, 6.45) is -6.77. The van der Waals surface area contributed by atoms with Crippen LogP contribution < -0.4 is 20.5 Å². The third kappa shape index (κ3) is 5.55. The normalized spacial score (nSPS) is 19.0. The molecule has 1 aliphatic carbocycles. The molecule has 0 radical (unpaired) electrons. The van der Waals surface area contributed by atoms with E-state index in [1.807, 2.05) is 0 Å². The van der Waals surface area contributed by atoms with Crippen LogP contribution in [-0.2, 0) is 22.0 Å². The molecule has 1 fully saturated rings. The molecule has 2 aromatic carbocycles. The zero-order valence-electron chi connectivity index (χ0n) is 25.1. The van der Waals surface area contributed by atoms with Gasteiger partial charge in [0.15, 0.2) is 0 Å². The van der Waals surface area contributed by atoms with Crippen molar-refractivity contribution < 1.29 is 50.5 Å². The monoisotopic (exact) mass is 697 g/mol. The molecule has 6 rings (SSSR count). The van der Waals surface area contributed by atoms with Crippen molar-refractivity contribution in [3.05, 3.63) is 70.0 Å². The summed E-state index contributed by atoms with van der Waals surface area (Å²) in [6, 6.07) is 6.04. The number of benzene rings is 2. The summed E-state index contributed by atoms with van der Waals surface area (Å²) in [7, 11) is 1.35. The lowest BCUT2D eigenvalue weighted by Gasteiger charge is -2.31. The molecule has 0 saturated heterocycles. The minimum atomic E-state index is -5.48. The summed E-state index contributed by atoms with van der Waals surface area (Å²) in [5, 5.41) is 17.6. The number of carbonyl (C=O) groups excluding carboxylic acids is 2. The number of hydrogen-bond donors (Lipinski definition) is 3. The molecule has 4 N–H and O–H groups in total. The Kier molecular flexibility index (Phi) is 7.82. The predicted octanol–water partition coefficient (Wildman–Crippen LogP) is 5.43. The molecule has 10 nitrogen and oxygen atoms in total. The van der Waals surface area contributed by atoms with Crippen LogP contribution in [0, 0.1) is 0 Å². The highest BCUT2D eigenvalue weighted by Gasteiger charge is 2.58. The largest absolute Gasteiger partial charge is 0.494 e. The van der Waals surface area contributed by atoms with Gasteiger partial charge in [-0.05, 0) is 50.1 Å². The van der Waals surface area contributed by atoms with Crippen molar-refractivity contribution in [2.24, 2.45) is 5.73 Å². The molecular formula is C31H26ClF6N5O5. The van der Waals surface area contributed by atoms with Gasteiger partial charge in [-0.25, -0.2) is 4.98 Å². The SMILES string of the molecule is COc1cc(C(=O)NC[C@](O)(c2cc3c(c(-c4ccc(C(F)(F)F)c(Cl)c4)n2)OC[C@]3(C)C(N)=O)C(F)(F)F)cc2cn(C3CC3)nc12. The molecule has 2 aromatic heterocycles. The van der Waals surface area contributed by atoms with Crippen LogP contribution in [0.25, 0.3) is 22.2 Å². The number of nitrogens with one attached hydrogen (secondary N) is 1. The van der Waals surface area contributed by atoms with Crippen LogP contribution in [0.2, 0.25) is 5.02 Å². The first-order valence-electron chi connectivity index (χ1n) is 14.4. The number of rotatable bonds is 8. The van der Waals surface area contributed by atoms with E-state index in [9.17, 15) is 41.0 Å². The Bertz CT molecular complexity index is 1980. The van der Waals surface area contributed by atoms with Gasteiger partial charge in [0.1, 0.15) is 34.7 Å². The number of ether oxygens (including phenoxy) is 2. The predicted molar refractivity (Wildman–Crippen MR) is 159 cm³/mol.